The number of hydrogen-bond donors (Lipinski definition) is 1. The van der Waals surface area contributed by atoms with Crippen LogP contribution in [-0.2, 0) is 13.1 Å². The second-order valence-corrected chi connectivity index (χ2v) is 4.69. The van der Waals surface area contributed by atoms with E-state index in [1.807, 2.05) is 12.1 Å². The van der Waals surface area contributed by atoms with E-state index in [0.717, 1.165) is 6.54 Å². The number of aryl methyl sites for hydroxylation is 3. The van der Waals surface area contributed by atoms with Gasteiger partial charge in [0, 0.05) is 23.6 Å². The van der Waals surface area contributed by atoms with Gasteiger partial charge in [-0.2, -0.15) is 0 Å². The summed E-state index contributed by atoms with van der Waals surface area (Å²) in [5, 5.41) is 17.5. The number of para-hydroxylation sites is 1. The van der Waals surface area contributed by atoms with Crippen LogP contribution in [0.5, 0.6) is 0 Å². The lowest BCUT2D eigenvalue weighted by atomic mass is 10.2. The van der Waals surface area contributed by atoms with Crippen molar-refractivity contribution in [2.75, 3.05) is 0 Å². The Kier molecular flexibility index (Phi) is 2.98. The number of aromatic nitrogens is 4. The number of fused-ring (bicyclic) bond motifs is 1. The van der Waals surface area contributed by atoms with Crippen LogP contribution in [0.25, 0.3) is 10.9 Å². The molecule has 3 aromatic rings. The molecule has 0 amide bonds. The van der Waals surface area contributed by atoms with Gasteiger partial charge in [0.05, 0.1) is 12.7 Å². The molecule has 2 heterocycles. The number of rotatable bonds is 4. The topological polar surface area (TPSA) is 72.9 Å². The zero-order chi connectivity index (χ0) is 14.1. The molecule has 20 heavy (non-hydrogen) atoms. The van der Waals surface area contributed by atoms with Gasteiger partial charge in [-0.25, -0.2) is 9.48 Å². The fraction of sp³-hybridized carbons (Fsp3) is 0.214. The minimum absolute atomic E-state index is 0.0291. The largest absolute Gasteiger partial charge is 0.476 e. The van der Waals surface area contributed by atoms with Crippen LogP contribution < -0.4 is 0 Å². The maximum absolute atomic E-state index is 10.7. The first kappa shape index (κ1) is 12.4. The summed E-state index contributed by atoms with van der Waals surface area (Å²) >= 11 is 0. The summed E-state index contributed by atoms with van der Waals surface area (Å²) in [5.41, 5.74) is 2.37. The molecule has 0 saturated heterocycles. The summed E-state index contributed by atoms with van der Waals surface area (Å²) in [5.74, 6) is -1.06. The molecule has 0 saturated carbocycles. The zero-order valence-electron chi connectivity index (χ0n) is 11.0. The highest BCUT2D eigenvalue weighted by Gasteiger charge is 2.09. The number of carbonyl (C=O) groups is 1. The van der Waals surface area contributed by atoms with Gasteiger partial charge >= 0.3 is 5.97 Å². The molecule has 0 unspecified atom stereocenters. The van der Waals surface area contributed by atoms with Crippen molar-refractivity contribution in [2.24, 2.45) is 0 Å². The van der Waals surface area contributed by atoms with E-state index >= 15 is 0 Å². The first-order valence-corrected chi connectivity index (χ1v) is 6.33. The predicted octanol–water partition coefficient (Wildman–Crippen LogP) is 1.94. The normalized spacial score (nSPS) is 11.1. The number of aromatic carboxylic acids is 1. The second kappa shape index (κ2) is 4.80. The van der Waals surface area contributed by atoms with Crippen molar-refractivity contribution < 1.29 is 9.90 Å². The average molecular weight is 270 g/mol. The quantitative estimate of drug-likeness (QED) is 0.786. The molecule has 0 atom stereocenters. The van der Waals surface area contributed by atoms with Crippen LogP contribution in [0.3, 0.4) is 0 Å². The van der Waals surface area contributed by atoms with E-state index in [2.05, 4.69) is 40.1 Å². The molecule has 0 radical (unpaired) electrons. The summed E-state index contributed by atoms with van der Waals surface area (Å²) in [6, 6.07) is 8.21. The first-order valence-electron chi connectivity index (χ1n) is 6.33. The minimum atomic E-state index is -1.06. The lowest BCUT2D eigenvalue weighted by Gasteiger charge is -2.04. The summed E-state index contributed by atoms with van der Waals surface area (Å²) in [7, 11) is 0. The van der Waals surface area contributed by atoms with E-state index in [1.165, 1.54) is 22.7 Å². The number of carboxylic acid groups (broad SMARTS) is 1. The lowest BCUT2D eigenvalue weighted by Crippen LogP contribution is -2.07. The Balaban J connectivity index is 1.81. The van der Waals surface area contributed by atoms with Gasteiger partial charge in [0.2, 0.25) is 0 Å². The molecule has 102 valence electrons. The molecule has 0 aliphatic rings. The molecule has 6 heteroatoms. The number of benzene rings is 1. The van der Waals surface area contributed by atoms with E-state index in [9.17, 15) is 4.79 Å². The zero-order valence-corrected chi connectivity index (χ0v) is 11.0. The average Bonchev–Trinajstić information content (AvgIpc) is 3.03. The minimum Gasteiger partial charge on any atom is -0.476 e. The molecule has 3 rings (SSSR count). The van der Waals surface area contributed by atoms with E-state index < -0.39 is 5.97 Å². The number of hydrogen-bond acceptors (Lipinski definition) is 3. The SMILES string of the molecule is Cc1cn(CCn2cc(C(=O)O)nn2)c2ccccc12. The predicted molar refractivity (Wildman–Crippen MR) is 73.7 cm³/mol. The van der Waals surface area contributed by atoms with Crippen molar-refractivity contribution in [1.29, 1.82) is 0 Å². The van der Waals surface area contributed by atoms with Crippen molar-refractivity contribution in [3.8, 4) is 0 Å². The second-order valence-electron chi connectivity index (χ2n) is 4.69. The molecule has 0 aliphatic heterocycles. The third kappa shape index (κ3) is 2.16. The Morgan fingerprint density at radius 2 is 2.05 bits per heavy atom. The van der Waals surface area contributed by atoms with E-state index in [-0.39, 0.29) is 5.69 Å². The highest BCUT2D eigenvalue weighted by molar-refractivity contribution is 5.84. The highest BCUT2D eigenvalue weighted by Crippen LogP contribution is 2.20. The summed E-state index contributed by atoms with van der Waals surface area (Å²) in [6.07, 6.45) is 3.54. The maximum atomic E-state index is 10.7. The van der Waals surface area contributed by atoms with E-state index in [1.54, 1.807) is 4.68 Å². The van der Waals surface area contributed by atoms with Gasteiger partial charge in [-0.3, -0.25) is 0 Å². The summed E-state index contributed by atoms with van der Waals surface area (Å²) in [6.45, 7) is 3.38. The number of nitrogens with zero attached hydrogens (tertiary/aromatic N) is 4. The Morgan fingerprint density at radius 3 is 2.80 bits per heavy atom. The van der Waals surface area contributed by atoms with Gasteiger partial charge in [-0.1, -0.05) is 23.4 Å². The third-order valence-corrected chi connectivity index (χ3v) is 3.32. The maximum Gasteiger partial charge on any atom is 0.358 e. The molecule has 0 bridgehead atoms. The molecule has 0 fully saturated rings. The van der Waals surface area contributed by atoms with Crippen LogP contribution in [-0.4, -0.2) is 30.6 Å². The molecular formula is C14H14N4O2. The Labute approximate surface area is 115 Å². The van der Waals surface area contributed by atoms with Gasteiger partial charge in [0.15, 0.2) is 5.69 Å². The van der Waals surface area contributed by atoms with Gasteiger partial charge in [-0.05, 0) is 18.6 Å². The van der Waals surface area contributed by atoms with Crippen molar-refractivity contribution in [3.63, 3.8) is 0 Å². The van der Waals surface area contributed by atoms with Crippen LogP contribution in [0.15, 0.2) is 36.7 Å². The van der Waals surface area contributed by atoms with Crippen LogP contribution >= 0.6 is 0 Å². The fourth-order valence-electron chi connectivity index (χ4n) is 2.33. The van der Waals surface area contributed by atoms with Crippen molar-refractivity contribution in [1.82, 2.24) is 19.6 Å². The van der Waals surface area contributed by atoms with Gasteiger partial charge < -0.3 is 9.67 Å². The summed E-state index contributed by atoms with van der Waals surface area (Å²) < 4.78 is 3.69. The van der Waals surface area contributed by atoms with E-state index in [4.69, 9.17) is 5.11 Å². The van der Waals surface area contributed by atoms with Gasteiger partial charge in [-0.15, -0.1) is 5.10 Å². The van der Waals surface area contributed by atoms with E-state index in [0.29, 0.717) is 6.54 Å². The molecule has 0 aliphatic carbocycles. The van der Waals surface area contributed by atoms with Crippen molar-refractivity contribution in [2.45, 2.75) is 20.0 Å². The molecule has 1 aromatic carbocycles. The molecule has 0 spiro atoms. The number of carboxylic acids is 1. The molecule has 2 aromatic heterocycles. The lowest BCUT2D eigenvalue weighted by molar-refractivity contribution is 0.0690. The van der Waals surface area contributed by atoms with Crippen LogP contribution in [0.4, 0.5) is 0 Å². The van der Waals surface area contributed by atoms with Crippen molar-refractivity contribution >= 4 is 16.9 Å². The molecular weight excluding hydrogens is 256 g/mol. The van der Waals surface area contributed by atoms with Crippen LogP contribution in [0, 0.1) is 6.92 Å². The standard InChI is InChI=1S/C14H14N4O2/c1-10-8-17(13-5-3-2-4-11(10)13)6-7-18-9-12(14(19)20)15-16-18/h2-5,8-9H,6-7H2,1H3,(H,19,20). The van der Waals surface area contributed by atoms with Gasteiger partial charge in [0.25, 0.3) is 0 Å². The van der Waals surface area contributed by atoms with Crippen LogP contribution in [0.1, 0.15) is 16.1 Å². The highest BCUT2D eigenvalue weighted by atomic mass is 16.4. The molecule has 1 N–H and O–H groups in total. The van der Waals surface area contributed by atoms with Crippen molar-refractivity contribution in [3.05, 3.63) is 47.9 Å². The Hall–Kier alpha value is -2.63. The Morgan fingerprint density at radius 1 is 1.25 bits per heavy atom. The molecule has 6 nitrogen and oxygen atoms in total. The summed E-state index contributed by atoms with van der Waals surface area (Å²) in [4.78, 5) is 10.7. The fourth-order valence-corrected chi connectivity index (χ4v) is 2.33. The monoisotopic (exact) mass is 270 g/mol. The Bertz CT molecular complexity index is 772. The third-order valence-electron chi connectivity index (χ3n) is 3.32. The first-order chi connectivity index (χ1) is 9.65. The van der Waals surface area contributed by atoms with Gasteiger partial charge in [0.1, 0.15) is 0 Å². The smallest absolute Gasteiger partial charge is 0.358 e. The van der Waals surface area contributed by atoms with Crippen LogP contribution in [0.2, 0.25) is 0 Å².